The van der Waals surface area contributed by atoms with Gasteiger partial charge in [-0.25, -0.2) is 0 Å². The molecule has 4 nitrogen and oxygen atoms in total. The van der Waals surface area contributed by atoms with Gasteiger partial charge in [0.1, 0.15) is 11.3 Å². The van der Waals surface area contributed by atoms with Crippen molar-refractivity contribution in [3.8, 4) is 0 Å². The maximum absolute atomic E-state index is 11.4. The SMILES string of the molecule is Cc1oncc1C(=O)NC1CC1. The van der Waals surface area contributed by atoms with E-state index in [0.717, 1.165) is 12.8 Å². The van der Waals surface area contributed by atoms with Gasteiger partial charge < -0.3 is 9.84 Å². The standard InChI is InChI=1S/C8H10N2O2/c1-5-7(4-9-12-5)8(11)10-6-2-3-6/h4,6H,2-3H2,1H3,(H,10,11). The molecule has 0 atom stereocenters. The Bertz CT molecular complexity index is 302. The summed E-state index contributed by atoms with van der Waals surface area (Å²) in [6, 6.07) is 0.381. The van der Waals surface area contributed by atoms with Crippen molar-refractivity contribution in [1.82, 2.24) is 10.5 Å². The van der Waals surface area contributed by atoms with Gasteiger partial charge in [0.05, 0.1) is 6.20 Å². The summed E-state index contributed by atoms with van der Waals surface area (Å²) < 4.78 is 4.78. The maximum atomic E-state index is 11.4. The van der Waals surface area contributed by atoms with Crippen LogP contribution < -0.4 is 5.32 Å². The summed E-state index contributed by atoms with van der Waals surface area (Å²) in [6.45, 7) is 1.73. The second-order valence-corrected chi connectivity index (χ2v) is 3.04. The largest absolute Gasteiger partial charge is 0.361 e. The first-order chi connectivity index (χ1) is 5.77. The van der Waals surface area contributed by atoms with E-state index >= 15 is 0 Å². The molecule has 1 N–H and O–H groups in total. The summed E-state index contributed by atoms with van der Waals surface area (Å²) in [6.07, 6.45) is 3.64. The summed E-state index contributed by atoms with van der Waals surface area (Å²) in [5, 5.41) is 6.39. The Hall–Kier alpha value is -1.32. The molecule has 0 aromatic carbocycles. The summed E-state index contributed by atoms with van der Waals surface area (Å²) in [7, 11) is 0. The number of rotatable bonds is 2. The fourth-order valence-corrected chi connectivity index (χ4v) is 1.01. The summed E-state index contributed by atoms with van der Waals surface area (Å²) in [4.78, 5) is 11.4. The molecule has 64 valence electrons. The lowest BCUT2D eigenvalue weighted by molar-refractivity contribution is 0.0949. The van der Waals surface area contributed by atoms with Crippen LogP contribution in [0.3, 0.4) is 0 Å². The van der Waals surface area contributed by atoms with Gasteiger partial charge in [0.25, 0.3) is 5.91 Å². The molecule has 1 amide bonds. The van der Waals surface area contributed by atoms with Gasteiger partial charge in [-0.1, -0.05) is 5.16 Å². The fourth-order valence-electron chi connectivity index (χ4n) is 1.01. The number of aryl methyl sites for hydroxylation is 1. The van der Waals surface area contributed by atoms with Gasteiger partial charge in [0, 0.05) is 6.04 Å². The highest BCUT2D eigenvalue weighted by atomic mass is 16.5. The van der Waals surface area contributed by atoms with Crippen molar-refractivity contribution in [2.24, 2.45) is 0 Å². The molecule has 1 aliphatic carbocycles. The average molecular weight is 166 g/mol. The number of hydrogen-bond acceptors (Lipinski definition) is 3. The van der Waals surface area contributed by atoms with Gasteiger partial charge in [-0.15, -0.1) is 0 Å². The predicted octanol–water partition coefficient (Wildman–Crippen LogP) is 0.875. The van der Waals surface area contributed by atoms with Crippen molar-refractivity contribution < 1.29 is 9.32 Å². The molecule has 1 fully saturated rings. The number of nitrogens with one attached hydrogen (secondary N) is 1. The minimum Gasteiger partial charge on any atom is -0.361 e. The first-order valence-corrected chi connectivity index (χ1v) is 3.99. The summed E-state index contributed by atoms with van der Waals surface area (Å²) >= 11 is 0. The molecular weight excluding hydrogens is 156 g/mol. The lowest BCUT2D eigenvalue weighted by Crippen LogP contribution is -2.25. The number of nitrogens with zero attached hydrogens (tertiary/aromatic N) is 1. The molecular formula is C8H10N2O2. The minimum absolute atomic E-state index is 0.0729. The number of carbonyl (C=O) groups is 1. The molecule has 12 heavy (non-hydrogen) atoms. The van der Waals surface area contributed by atoms with Crippen LogP contribution in [0, 0.1) is 6.92 Å². The number of hydrogen-bond donors (Lipinski definition) is 1. The van der Waals surface area contributed by atoms with Crippen LogP contribution in [-0.4, -0.2) is 17.1 Å². The number of aromatic nitrogens is 1. The van der Waals surface area contributed by atoms with Crippen LogP contribution in [0.2, 0.25) is 0 Å². The van der Waals surface area contributed by atoms with E-state index < -0.39 is 0 Å². The zero-order valence-electron chi connectivity index (χ0n) is 6.83. The van der Waals surface area contributed by atoms with Crippen LogP contribution >= 0.6 is 0 Å². The van der Waals surface area contributed by atoms with Crippen molar-refractivity contribution in [1.29, 1.82) is 0 Å². The Morgan fingerprint density at radius 3 is 3.00 bits per heavy atom. The zero-order chi connectivity index (χ0) is 8.55. The molecule has 4 heteroatoms. The van der Waals surface area contributed by atoms with Gasteiger partial charge >= 0.3 is 0 Å². The highest BCUT2D eigenvalue weighted by Crippen LogP contribution is 2.19. The molecule has 2 rings (SSSR count). The van der Waals surface area contributed by atoms with E-state index in [1.807, 2.05) is 0 Å². The van der Waals surface area contributed by atoms with E-state index in [1.54, 1.807) is 6.92 Å². The second kappa shape index (κ2) is 2.62. The first kappa shape index (κ1) is 7.34. The first-order valence-electron chi connectivity index (χ1n) is 3.99. The van der Waals surface area contributed by atoms with Crippen molar-refractivity contribution >= 4 is 5.91 Å². The van der Waals surface area contributed by atoms with Crippen LogP contribution in [0.25, 0.3) is 0 Å². The van der Waals surface area contributed by atoms with Gasteiger partial charge in [0.15, 0.2) is 0 Å². The van der Waals surface area contributed by atoms with E-state index in [1.165, 1.54) is 6.20 Å². The molecule has 0 radical (unpaired) electrons. The molecule has 0 unspecified atom stereocenters. The molecule has 0 spiro atoms. The Kier molecular flexibility index (Phi) is 1.60. The van der Waals surface area contributed by atoms with Crippen LogP contribution in [0.5, 0.6) is 0 Å². The molecule has 1 saturated carbocycles. The number of carbonyl (C=O) groups excluding carboxylic acids is 1. The van der Waals surface area contributed by atoms with Gasteiger partial charge in [0.2, 0.25) is 0 Å². The fraction of sp³-hybridized carbons (Fsp3) is 0.500. The van der Waals surface area contributed by atoms with Gasteiger partial charge in [-0.2, -0.15) is 0 Å². The highest BCUT2D eigenvalue weighted by molar-refractivity contribution is 5.95. The maximum Gasteiger partial charge on any atom is 0.256 e. The molecule has 1 aliphatic rings. The molecule has 1 aromatic heterocycles. The van der Waals surface area contributed by atoms with Crippen LogP contribution in [0.15, 0.2) is 10.7 Å². The van der Waals surface area contributed by atoms with E-state index in [9.17, 15) is 4.79 Å². The molecule has 0 bridgehead atoms. The second-order valence-electron chi connectivity index (χ2n) is 3.04. The normalized spacial score (nSPS) is 16.1. The Morgan fingerprint density at radius 1 is 1.75 bits per heavy atom. The predicted molar refractivity (Wildman–Crippen MR) is 41.7 cm³/mol. The van der Waals surface area contributed by atoms with Crippen LogP contribution in [0.4, 0.5) is 0 Å². The number of amides is 1. The lowest BCUT2D eigenvalue weighted by Gasteiger charge is -1.98. The lowest BCUT2D eigenvalue weighted by atomic mass is 10.2. The van der Waals surface area contributed by atoms with E-state index in [4.69, 9.17) is 4.52 Å². The van der Waals surface area contributed by atoms with Crippen LogP contribution in [0.1, 0.15) is 29.0 Å². The quantitative estimate of drug-likeness (QED) is 0.709. The van der Waals surface area contributed by atoms with Crippen molar-refractivity contribution in [2.45, 2.75) is 25.8 Å². The van der Waals surface area contributed by atoms with Crippen molar-refractivity contribution in [3.63, 3.8) is 0 Å². The van der Waals surface area contributed by atoms with E-state index in [2.05, 4.69) is 10.5 Å². The smallest absolute Gasteiger partial charge is 0.256 e. The molecule has 0 aliphatic heterocycles. The third kappa shape index (κ3) is 1.32. The van der Waals surface area contributed by atoms with Gasteiger partial charge in [-0.05, 0) is 19.8 Å². The highest BCUT2D eigenvalue weighted by Gasteiger charge is 2.25. The van der Waals surface area contributed by atoms with Crippen molar-refractivity contribution in [3.05, 3.63) is 17.5 Å². The Morgan fingerprint density at radius 2 is 2.50 bits per heavy atom. The van der Waals surface area contributed by atoms with Crippen LogP contribution in [-0.2, 0) is 0 Å². The topological polar surface area (TPSA) is 55.1 Å². The Balaban J connectivity index is 2.07. The summed E-state index contributed by atoms with van der Waals surface area (Å²) in [5.41, 5.74) is 0.543. The van der Waals surface area contributed by atoms with Crippen molar-refractivity contribution in [2.75, 3.05) is 0 Å². The zero-order valence-corrected chi connectivity index (χ0v) is 6.83. The Labute approximate surface area is 69.9 Å². The van der Waals surface area contributed by atoms with Gasteiger partial charge in [-0.3, -0.25) is 4.79 Å². The minimum atomic E-state index is -0.0729. The molecule has 0 saturated heterocycles. The van der Waals surface area contributed by atoms with E-state index in [0.29, 0.717) is 17.4 Å². The molecule has 1 heterocycles. The third-order valence-electron chi connectivity index (χ3n) is 1.91. The molecule has 1 aromatic rings. The monoisotopic (exact) mass is 166 g/mol. The summed E-state index contributed by atoms with van der Waals surface area (Å²) in [5.74, 6) is 0.504. The van der Waals surface area contributed by atoms with E-state index in [-0.39, 0.29) is 5.91 Å². The third-order valence-corrected chi connectivity index (χ3v) is 1.91. The average Bonchev–Trinajstić information content (AvgIpc) is 2.72.